The number of rotatable bonds is 9. The number of carbonyl (C=O) groups is 1. The summed E-state index contributed by atoms with van der Waals surface area (Å²) in [6.45, 7) is 3.98. The molecule has 2 N–H and O–H groups in total. The van der Waals surface area contributed by atoms with Crippen molar-refractivity contribution in [3.8, 4) is 11.5 Å². The van der Waals surface area contributed by atoms with E-state index in [0.29, 0.717) is 61.2 Å². The van der Waals surface area contributed by atoms with Gasteiger partial charge in [0, 0.05) is 52.1 Å². The molecular formula is C40H48F3NO7S. The topological polar surface area (TPSA) is 113 Å². The number of ether oxygens (including phenoxy) is 2. The Kier molecular flexibility index (Phi) is 8.69. The summed E-state index contributed by atoms with van der Waals surface area (Å²) in [5.41, 5.74) is -4.21. The highest BCUT2D eigenvalue weighted by Gasteiger charge is 2.74. The molecule has 0 amide bonds. The van der Waals surface area contributed by atoms with Crippen LogP contribution in [-0.2, 0) is 22.7 Å². The molecule has 282 valence electrons. The third kappa shape index (κ3) is 5.33. The highest BCUT2D eigenvalue weighted by Crippen LogP contribution is 2.78. The van der Waals surface area contributed by atoms with Crippen LogP contribution < -0.4 is 9.47 Å². The summed E-state index contributed by atoms with van der Waals surface area (Å²) < 4.78 is 80.6. The van der Waals surface area contributed by atoms with E-state index in [9.17, 15) is 36.6 Å². The van der Waals surface area contributed by atoms with E-state index >= 15 is 0 Å². The van der Waals surface area contributed by atoms with Crippen molar-refractivity contribution in [1.82, 2.24) is 4.31 Å². The zero-order chi connectivity index (χ0) is 37.7. The Hall–Kier alpha value is -3.19. The minimum Gasteiger partial charge on any atom is -0.497 e. The molecule has 0 aromatic heterocycles. The Labute approximate surface area is 303 Å². The van der Waals surface area contributed by atoms with Crippen LogP contribution in [0.1, 0.15) is 80.3 Å². The van der Waals surface area contributed by atoms with E-state index in [0.717, 1.165) is 18.4 Å². The molecule has 0 heterocycles. The number of aliphatic hydroxyl groups is 2. The first-order valence-electron chi connectivity index (χ1n) is 18.0. The Morgan fingerprint density at radius 1 is 0.962 bits per heavy atom. The zero-order valence-corrected chi connectivity index (χ0v) is 31.1. The quantitative estimate of drug-likeness (QED) is 0.211. The number of allylic oxidation sites excluding steroid dienone is 4. The molecule has 6 aliphatic rings. The maximum absolute atomic E-state index is 14.7. The molecule has 52 heavy (non-hydrogen) atoms. The van der Waals surface area contributed by atoms with Crippen LogP contribution in [-0.4, -0.2) is 67.4 Å². The van der Waals surface area contributed by atoms with Crippen LogP contribution in [0.2, 0.25) is 0 Å². The molecule has 8 rings (SSSR count). The molecule has 0 aliphatic heterocycles. The molecule has 8 nitrogen and oxygen atoms in total. The van der Waals surface area contributed by atoms with Crippen molar-refractivity contribution in [3.63, 3.8) is 0 Å². The van der Waals surface area contributed by atoms with E-state index in [2.05, 4.69) is 19.1 Å². The number of nitrogens with zero attached hydrogens (tertiary/aromatic N) is 1. The molecule has 3 saturated carbocycles. The van der Waals surface area contributed by atoms with Crippen LogP contribution in [0.5, 0.6) is 11.5 Å². The molecule has 0 saturated heterocycles. The van der Waals surface area contributed by atoms with Gasteiger partial charge in [0.1, 0.15) is 11.5 Å². The number of ketones is 1. The molecular weight excluding hydrogens is 696 g/mol. The summed E-state index contributed by atoms with van der Waals surface area (Å²) in [6.07, 6.45) is 5.74. The Morgan fingerprint density at radius 2 is 1.65 bits per heavy atom. The van der Waals surface area contributed by atoms with Gasteiger partial charge in [0.25, 0.3) is 0 Å². The van der Waals surface area contributed by atoms with Crippen LogP contribution in [0.25, 0.3) is 0 Å². The summed E-state index contributed by atoms with van der Waals surface area (Å²) in [5, 5.41) is 23.8. The third-order valence-electron chi connectivity index (χ3n) is 14.2. The van der Waals surface area contributed by atoms with Crippen molar-refractivity contribution in [2.45, 2.75) is 83.2 Å². The van der Waals surface area contributed by atoms with Crippen LogP contribution >= 0.6 is 0 Å². The molecule has 2 spiro atoms. The molecule has 8 atom stereocenters. The van der Waals surface area contributed by atoms with E-state index in [1.165, 1.54) is 30.7 Å². The van der Waals surface area contributed by atoms with Crippen molar-refractivity contribution in [2.75, 3.05) is 27.0 Å². The van der Waals surface area contributed by atoms with Crippen LogP contribution in [0.4, 0.5) is 13.2 Å². The Bertz CT molecular complexity index is 1960. The first-order chi connectivity index (χ1) is 24.3. The van der Waals surface area contributed by atoms with E-state index in [1.807, 2.05) is 13.0 Å². The lowest BCUT2D eigenvalue weighted by molar-refractivity contribution is -0.173. The molecule has 2 aromatic carbocycles. The number of hydrogen-bond donors (Lipinski definition) is 2. The van der Waals surface area contributed by atoms with Crippen molar-refractivity contribution in [1.29, 1.82) is 0 Å². The molecule has 0 radical (unpaired) electrons. The molecule has 3 fully saturated rings. The van der Waals surface area contributed by atoms with Crippen molar-refractivity contribution in [2.24, 2.45) is 33.5 Å². The van der Waals surface area contributed by atoms with Gasteiger partial charge in [0.15, 0.2) is 5.78 Å². The largest absolute Gasteiger partial charge is 0.497 e. The first-order valence-corrected chi connectivity index (χ1v) is 19.8. The molecule has 1 unspecified atom stereocenters. The fourth-order valence-corrected chi connectivity index (χ4v) is 12.2. The SMILES string of the molecule is COc1ccc(CN(C[C@]2(O)CC[C@H]3[C@]45C=C[C@@]6(C=C4C(=O)c4cccc(C(F)(F)F)c4)CC(O)CC[C@]6(C)[C@H]5CC[C@@]32C)S(C)(=O)=O)c(OC)c1. The predicted molar refractivity (Wildman–Crippen MR) is 189 cm³/mol. The number of fused-ring (bicyclic) bond motifs is 1. The number of benzene rings is 2. The number of halogens is 3. The van der Waals surface area contributed by atoms with Crippen molar-refractivity contribution >= 4 is 15.8 Å². The summed E-state index contributed by atoms with van der Waals surface area (Å²) in [5.74, 6) is 0.115. The standard InChI is InChI=1S/C40H48F3NO7S/c1-35-14-11-28(45)21-37(35)17-18-39(30(22-37)34(46)25-7-6-8-27(19-25)40(41,42)43)32(35)12-15-36(2)33(39)13-16-38(36,47)24-44(52(5,48)49)23-26-9-10-29(50-3)20-31(26)51-4/h6-10,17-20,22,28,32-33,45,47H,11-16,21,23-24H2,1-5H3/t28?,32-,33-,35-,36+,37+,38-,39-/m1/s1. The molecule has 2 aromatic rings. The highest BCUT2D eigenvalue weighted by molar-refractivity contribution is 7.88. The Balaban J connectivity index is 1.32. The van der Waals surface area contributed by atoms with Crippen LogP contribution in [0.3, 0.4) is 0 Å². The third-order valence-corrected chi connectivity index (χ3v) is 15.4. The van der Waals surface area contributed by atoms with Gasteiger partial charge in [-0.2, -0.15) is 17.5 Å². The maximum Gasteiger partial charge on any atom is 0.416 e. The average Bonchev–Trinajstić information content (AvgIpc) is 3.36. The van der Waals surface area contributed by atoms with Gasteiger partial charge in [0.2, 0.25) is 10.0 Å². The van der Waals surface area contributed by atoms with Gasteiger partial charge in [-0.05, 0) is 80.4 Å². The number of sulfonamides is 1. The van der Waals surface area contributed by atoms with Crippen LogP contribution in [0.15, 0.2) is 66.3 Å². The summed E-state index contributed by atoms with van der Waals surface area (Å²) >= 11 is 0. The van der Waals surface area contributed by atoms with Gasteiger partial charge in [0.05, 0.1) is 37.7 Å². The van der Waals surface area contributed by atoms with Crippen molar-refractivity contribution in [3.05, 3.63) is 83.0 Å². The van der Waals surface area contributed by atoms with Gasteiger partial charge in [-0.25, -0.2) is 8.42 Å². The number of hydrogen-bond acceptors (Lipinski definition) is 7. The lowest BCUT2D eigenvalue weighted by Crippen LogP contribution is -2.67. The second-order valence-corrected chi connectivity index (χ2v) is 18.4. The Morgan fingerprint density at radius 3 is 2.33 bits per heavy atom. The second kappa shape index (κ2) is 12.2. The maximum atomic E-state index is 14.7. The van der Waals surface area contributed by atoms with E-state index in [-0.39, 0.29) is 42.3 Å². The number of Topliss-reactive ketones (excluding diaryl/α,β-unsaturated/α-hetero) is 1. The van der Waals surface area contributed by atoms with E-state index < -0.39 is 55.5 Å². The summed E-state index contributed by atoms with van der Waals surface area (Å²) in [7, 11) is -0.828. The van der Waals surface area contributed by atoms with Gasteiger partial charge in [-0.1, -0.05) is 50.3 Å². The fraction of sp³-hybridized carbons (Fsp3) is 0.575. The van der Waals surface area contributed by atoms with E-state index in [1.54, 1.807) is 18.2 Å². The highest BCUT2D eigenvalue weighted by atomic mass is 32.2. The van der Waals surface area contributed by atoms with Gasteiger partial charge < -0.3 is 19.7 Å². The van der Waals surface area contributed by atoms with Crippen molar-refractivity contribution < 1.29 is 46.1 Å². The van der Waals surface area contributed by atoms with Gasteiger partial charge in [-0.3, -0.25) is 4.79 Å². The fourth-order valence-electron chi connectivity index (χ4n) is 11.3. The first kappa shape index (κ1) is 37.1. The minimum absolute atomic E-state index is 0.0508. The predicted octanol–water partition coefficient (Wildman–Crippen LogP) is 6.96. The molecule has 2 bridgehead atoms. The second-order valence-electron chi connectivity index (χ2n) is 16.4. The monoisotopic (exact) mass is 743 g/mol. The van der Waals surface area contributed by atoms with Crippen LogP contribution in [0, 0.1) is 33.5 Å². The van der Waals surface area contributed by atoms with Gasteiger partial charge >= 0.3 is 6.18 Å². The average molecular weight is 744 g/mol. The zero-order valence-electron chi connectivity index (χ0n) is 30.3. The number of carbonyl (C=O) groups excluding carboxylic acids is 1. The van der Waals surface area contributed by atoms with E-state index in [4.69, 9.17) is 9.47 Å². The molecule has 12 heteroatoms. The molecule has 6 aliphatic carbocycles. The normalized spacial score (nSPS) is 36.5. The minimum atomic E-state index is -4.63. The summed E-state index contributed by atoms with van der Waals surface area (Å²) in [6, 6.07) is 9.69. The lowest BCUT2D eigenvalue weighted by atomic mass is 9.32. The summed E-state index contributed by atoms with van der Waals surface area (Å²) in [4.78, 5) is 14.7. The number of alkyl halides is 3. The number of methoxy groups -OCH3 is 2. The smallest absolute Gasteiger partial charge is 0.416 e. The number of aliphatic hydroxyl groups excluding tert-OH is 1. The lowest BCUT2D eigenvalue weighted by Gasteiger charge is -2.71. The van der Waals surface area contributed by atoms with Gasteiger partial charge in [-0.15, -0.1) is 0 Å².